The standard InChI is InChI=1S/C17H17N5O4S/c1-12-3-8-16(9-17(12)22(23)24)27(25,26)20-13(2)14-4-6-15(7-5-14)21-11-18-10-19-21/h3-11,13,20H,1-2H3. The van der Waals surface area contributed by atoms with E-state index < -0.39 is 21.0 Å². The third kappa shape index (κ3) is 4.01. The van der Waals surface area contributed by atoms with Crippen molar-refractivity contribution in [3.8, 4) is 5.69 Å². The number of sulfonamides is 1. The number of rotatable bonds is 6. The van der Waals surface area contributed by atoms with Gasteiger partial charge in [-0.05, 0) is 37.6 Å². The van der Waals surface area contributed by atoms with Crippen LogP contribution < -0.4 is 4.72 Å². The topological polar surface area (TPSA) is 120 Å². The molecule has 1 atom stereocenters. The van der Waals surface area contributed by atoms with Crippen LogP contribution in [0, 0.1) is 17.0 Å². The molecule has 27 heavy (non-hydrogen) atoms. The van der Waals surface area contributed by atoms with Crippen LogP contribution in [0.4, 0.5) is 5.69 Å². The van der Waals surface area contributed by atoms with Gasteiger partial charge < -0.3 is 0 Å². The number of hydrogen-bond acceptors (Lipinski definition) is 6. The summed E-state index contributed by atoms with van der Waals surface area (Å²) >= 11 is 0. The molecule has 0 aliphatic carbocycles. The third-order valence-electron chi connectivity index (χ3n) is 4.10. The Bertz CT molecular complexity index is 1060. The second-order valence-electron chi connectivity index (χ2n) is 5.98. The van der Waals surface area contributed by atoms with E-state index in [1.807, 2.05) is 0 Å². The van der Waals surface area contributed by atoms with Crippen molar-refractivity contribution in [3.05, 3.63) is 76.4 Å². The highest BCUT2D eigenvalue weighted by atomic mass is 32.2. The number of benzene rings is 2. The Kier molecular flexibility index (Phi) is 5.02. The Morgan fingerprint density at radius 3 is 2.48 bits per heavy atom. The Balaban J connectivity index is 1.81. The summed E-state index contributed by atoms with van der Waals surface area (Å²) < 4.78 is 29.3. The molecule has 3 rings (SSSR count). The van der Waals surface area contributed by atoms with E-state index in [9.17, 15) is 18.5 Å². The molecular weight excluding hydrogens is 370 g/mol. The van der Waals surface area contributed by atoms with Crippen molar-refractivity contribution in [1.29, 1.82) is 0 Å². The molecule has 0 fully saturated rings. The fourth-order valence-corrected chi connectivity index (χ4v) is 3.83. The van der Waals surface area contributed by atoms with Gasteiger partial charge in [-0.2, -0.15) is 5.10 Å². The Morgan fingerprint density at radius 1 is 1.19 bits per heavy atom. The normalized spacial score (nSPS) is 12.7. The van der Waals surface area contributed by atoms with Crippen LogP contribution in [0.5, 0.6) is 0 Å². The van der Waals surface area contributed by atoms with E-state index in [2.05, 4.69) is 14.8 Å². The minimum atomic E-state index is -3.92. The van der Waals surface area contributed by atoms with Gasteiger partial charge in [-0.15, -0.1) is 0 Å². The molecule has 1 aromatic heterocycles. The van der Waals surface area contributed by atoms with Crippen molar-refractivity contribution < 1.29 is 13.3 Å². The molecule has 1 N–H and O–H groups in total. The molecule has 0 aliphatic heterocycles. The number of hydrogen-bond donors (Lipinski definition) is 1. The van der Waals surface area contributed by atoms with Gasteiger partial charge in [0.25, 0.3) is 5.69 Å². The maximum atomic E-state index is 12.6. The monoisotopic (exact) mass is 387 g/mol. The van der Waals surface area contributed by atoms with Gasteiger partial charge >= 0.3 is 0 Å². The van der Waals surface area contributed by atoms with Crippen molar-refractivity contribution in [1.82, 2.24) is 19.5 Å². The molecule has 1 heterocycles. The molecule has 140 valence electrons. The maximum absolute atomic E-state index is 12.6. The van der Waals surface area contributed by atoms with E-state index in [1.54, 1.807) is 49.1 Å². The maximum Gasteiger partial charge on any atom is 0.273 e. The van der Waals surface area contributed by atoms with E-state index in [1.165, 1.54) is 18.5 Å². The van der Waals surface area contributed by atoms with E-state index in [4.69, 9.17) is 0 Å². The number of nitro groups is 1. The zero-order valence-electron chi connectivity index (χ0n) is 14.6. The molecule has 0 saturated carbocycles. The Morgan fingerprint density at radius 2 is 1.89 bits per heavy atom. The first kappa shape index (κ1) is 18.7. The van der Waals surface area contributed by atoms with Crippen molar-refractivity contribution in [2.45, 2.75) is 24.8 Å². The lowest BCUT2D eigenvalue weighted by atomic mass is 10.1. The molecule has 0 aliphatic rings. The number of aromatic nitrogens is 3. The second kappa shape index (κ2) is 7.25. The predicted octanol–water partition coefficient (Wildman–Crippen LogP) is 2.52. The van der Waals surface area contributed by atoms with Gasteiger partial charge in [0, 0.05) is 17.7 Å². The minimum Gasteiger partial charge on any atom is -0.258 e. The highest BCUT2D eigenvalue weighted by Crippen LogP contribution is 2.24. The van der Waals surface area contributed by atoms with Crippen LogP contribution in [0.1, 0.15) is 24.1 Å². The summed E-state index contributed by atoms with van der Waals surface area (Å²) in [5, 5.41) is 15.1. The Hall–Kier alpha value is -3.11. The van der Waals surface area contributed by atoms with Crippen LogP contribution in [0.3, 0.4) is 0 Å². The van der Waals surface area contributed by atoms with Crippen LogP contribution >= 0.6 is 0 Å². The number of nitrogens with one attached hydrogen (secondary N) is 1. The largest absolute Gasteiger partial charge is 0.273 e. The van der Waals surface area contributed by atoms with E-state index in [-0.39, 0.29) is 10.6 Å². The predicted molar refractivity (Wildman–Crippen MR) is 97.9 cm³/mol. The van der Waals surface area contributed by atoms with Gasteiger partial charge in [0.15, 0.2) is 0 Å². The van der Waals surface area contributed by atoms with Crippen LogP contribution in [-0.4, -0.2) is 28.1 Å². The van der Waals surface area contributed by atoms with Gasteiger partial charge in [-0.3, -0.25) is 10.1 Å². The zero-order valence-corrected chi connectivity index (χ0v) is 15.4. The Labute approximate surface area is 155 Å². The summed E-state index contributed by atoms with van der Waals surface area (Å²) in [6.45, 7) is 3.26. The smallest absolute Gasteiger partial charge is 0.258 e. The van der Waals surface area contributed by atoms with E-state index >= 15 is 0 Å². The third-order valence-corrected chi connectivity index (χ3v) is 5.63. The number of nitrogens with zero attached hydrogens (tertiary/aromatic N) is 4. The van der Waals surface area contributed by atoms with Crippen molar-refractivity contribution in [2.24, 2.45) is 0 Å². The average molecular weight is 387 g/mol. The molecule has 0 spiro atoms. The SMILES string of the molecule is Cc1ccc(S(=O)(=O)NC(C)c2ccc(-n3cncn3)cc2)cc1[N+](=O)[O-]. The lowest BCUT2D eigenvalue weighted by Crippen LogP contribution is -2.27. The molecule has 0 amide bonds. The lowest BCUT2D eigenvalue weighted by Gasteiger charge is -2.15. The molecular formula is C17H17N5O4S. The molecule has 0 radical (unpaired) electrons. The molecule has 2 aromatic carbocycles. The summed E-state index contributed by atoms with van der Waals surface area (Å²) in [6.07, 6.45) is 2.98. The summed E-state index contributed by atoms with van der Waals surface area (Å²) in [5.74, 6) is 0. The molecule has 0 saturated heterocycles. The average Bonchev–Trinajstić information content (AvgIpc) is 3.16. The van der Waals surface area contributed by atoms with E-state index in [0.29, 0.717) is 5.56 Å². The highest BCUT2D eigenvalue weighted by molar-refractivity contribution is 7.89. The quantitative estimate of drug-likeness (QED) is 0.512. The molecule has 10 heteroatoms. The van der Waals surface area contributed by atoms with Gasteiger partial charge in [0.05, 0.1) is 15.5 Å². The fourth-order valence-electron chi connectivity index (χ4n) is 2.58. The van der Waals surface area contributed by atoms with Crippen LogP contribution in [0.15, 0.2) is 60.0 Å². The van der Waals surface area contributed by atoms with Crippen LogP contribution in [0.25, 0.3) is 5.69 Å². The number of nitro benzene ring substituents is 1. The van der Waals surface area contributed by atoms with Gasteiger partial charge in [0.1, 0.15) is 12.7 Å². The number of aryl methyl sites for hydroxylation is 1. The van der Waals surface area contributed by atoms with Crippen LogP contribution in [-0.2, 0) is 10.0 Å². The molecule has 9 nitrogen and oxygen atoms in total. The van der Waals surface area contributed by atoms with E-state index in [0.717, 1.165) is 17.3 Å². The first-order valence-electron chi connectivity index (χ1n) is 8.00. The van der Waals surface area contributed by atoms with Gasteiger partial charge in [0.2, 0.25) is 10.0 Å². The summed E-state index contributed by atoms with van der Waals surface area (Å²) in [4.78, 5) is 14.2. The summed E-state index contributed by atoms with van der Waals surface area (Å²) in [6, 6.07) is 10.5. The summed E-state index contributed by atoms with van der Waals surface area (Å²) in [5.41, 5.74) is 1.70. The first-order valence-corrected chi connectivity index (χ1v) is 9.48. The van der Waals surface area contributed by atoms with Crippen molar-refractivity contribution >= 4 is 15.7 Å². The van der Waals surface area contributed by atoms with Gasteiger partial charge in [-0.25, -0.2) is 22.8 Å². The van der Waals surface area contributed by atoms with Gasteiger partial charge in [-0.1, -0.05) is 18.2 Å². The first-order chi connectivity index (χ1) is 12.8. The minimum absolute atomic E-state index is 0.147. The molecule has 3 aromatic rings. The van der Waals surface area contributed by atoms with Crippen molar-refractivity contribution in [2.75, 3.05) is 0 Å². The van der Waals surface area contributed by atoms with Crippen LogP contribution in [0.2, 0.25) is 0 Å². The van der Waals surface area contributed by atoms with Crippen molar-refractivity contribution in [3.63, 3.8) is 0 Å². The molecule has 0 bridgehead atoms. The zero-order chi connectivity index (χ0) is 19.6. The summed E-state index contributed by atoms with van der Waals surface area (Å²) in [7, 11) is -3.92. The highest BCUT2D eigenvalue weighted by Gasteiger charge is 2.22. The molecule has 1 unspecified atom stereocenters. The lowest BCUT2D eigenvalue weighted by molar-refractivity contribution is -0.385. The fraction of sp³-hybridized carbons (Fsp3) is 0.176. The second-order valence-corrected chi connectivity index (χ2v) is 7.69.